The van der Waals surface area contributed by atoms with Gasteiger partial charge in [0, 0.05) is 10.9 Å². The predicted octanol–water partition coefficient (Wildman–Crippen LogP) is 5.99. The summed E-state index contributed by atoms with van der Waals surface area (Å²) in [7, 11) is 0. The third kappa shape index (κ3) is 3.68. The predicted molar refractivity (Wildman–Crippen MR) is 106 cm³/mol. The van der Waals surface area contributed by atoms with E-state index in [-0.39, 0.29) is 6.61 Å². The average molecular weight is 415 g/mol. The largest absolute Gasteiger partial charge is 0.488 e. The molecule has 0 aliphatic rings. The smallest absolute Gasteiger partial charge is 0.342 e. The van der Waals surface area contributed by atoms with Crippen LogP contribution in [0.3, 0.4) is 0 Å². The first-order valence-corrected chi connectivity index (χ1v) is 9.06. The molecule has 0 aliphatic heterocycles. The van der Waals surface area contributed by atoms with Crippen molar-refractivity contribution in [3.63, 3.8) is 0 Å². The standard InChI is InChI=1S/C21H19BrO4/c1-4-24-21(23)19-15-10-18(25-12-13(2)3)16(22)11-17(15)26-20(19)14-8-6-5-7-9-14/h5-11H,2,4,12H2,1,3H3. The third-order valence-corrected chi connectivity index (χ3v) is 4.35. The highest BCUT2D eigenvalue weighted by molar-refractivity contribution is 9.10. The van der Waals surface area contributed by atoms with Crippen LogP contribution in [0.4, 0.5) is 0 Å². The van der Waals surface area contributed by atoms with Crippen molar-refractivity contribution in [3.05, 3.63) is 64.7 Å². The van der Waals surface area contributed by atoms with Crippen LogP contribution < -0.4 is 4.74 Å². The molecule has 0 saturated heterocycles. The highest BCUT2D eigenvalue weighted by atomic mass is 79.9. The Kier molecular flexibility index (Phi) is 5.47. The molecule has 0 bridgehead atoms. The van der Waals surface area contributed by atoms with Gasteiger partial charge in [-0.15, -0.1) is 0 Å². The summed E-state index contributed by atoms with van der Waals surface area (Å²) in [5.74, 6) is 0.688. The quantitative estimate of drug-likeness (QED) is 0.366. The van der Waals surface area contributed by atoms with Crippen molar-refractivity contribution < 1.29 is 18.7 Å². The van der Waals surface area contributed by atoms with Crippen molar-refractivity contribution in [2.24, 2.45) is 0 Å². The van der Waals surface area contributed by atoms with Crippen LogP contribution in [0.25, 0.3) is 22.3 Å². The van der Waals surface area contributed by atoms with E-state index >= 15 is 0 Å². The molecule has 0 saturated carbocycles. The van der Waals surface area contributed by atoms with E-state index < -0.39 is 5.97 Å². The molecule has 0 radical (unpaired) electrons. The van der Waals surface area contributed by atoms with Gasteiger partial charge < -0.3 is 13.9 Å². The second-order valence-corrected chi connectivity index (χ2v) is 6.77. The second-order valence-electron chi connectivity index (χ2n) is 5.92. The molecule has 0 aliphatic carbocycles. The van der Waals surface area contributed by atoms with Gasteiger partial charge in [-0.25, -0.2) is 4.79 Å². The van der Waals surface area contributed by atoms with Gasteiger partial charge in [-0.05, 0) is 47.5 Å². The summed E-state index contributed by atoms with van der Waals surface area (Å²) in [6, 6.07) is 13.1. The Bertz CT molecular complexity index is 957. The summed E-state index contributed by atoms with van der Waals surface area (Å²) in [5.41, 5.74) is 2.70. The summed E-state index contributed by atoms with van der Waals surface area (Å²) in [5, 5.41) is 0.655. The first-order valence-electron chi connectivity index (χ1n) is 8.27. The molecule has 1 aromatic heterocycles. The van der Waals surface area contributed by atoms with Crippen LogP contribution in [0, 0.1) is 0 Å². The van der Waals surface area contributed by atoms with Crippen molar-refractivity contribution in [1.82, 2.24) is 0 Å². The van der Waals surface area contributed by atoms with Gasteiger partial charge in [0.1, 0.15) is 29.3 Å². The fourth-order valence-electron chi connectivity index (χ4n) is 2.61. The van der Waals surface area contributed by atoms with Crippen LogP contribution in [-0.2, 0) is 4.74 Å². The van der Waals surface area contributed by atoms with E-state index in [1.54, 1.807) is 19.1 Å². The van der Waals surface area contributed by atoms with Gasteiger partial charge in [0.15, 0.2) is 0 Å². The Morgan fingerprint density at radius 3 is 2.62 bits per heavy atom. The number of benzene rings is 2. The Morgan fingerprint density at radius 1 is 1.23 bits per heavy atom. The fraction of sp³-hybridized carbons (Fsp3) is 0.190. The number of hydrogen-bond acceptors (Lipinski definition) is 4. The minimum absolute atomic E-state index is 0.287. The molecular formula is C21H19BrO4. The lowest BCUT2D eigenvalue weighted by atomic mass is 10.1. The Hall–Kier alpha value is -2.53. The van der Waals surface area contributed by atoms with Crippen LogP contribution in [-0.4, -0.2) is 19.2 Å². The van der Waals surface area contributed by atoms with Gasteiger partial charge in [0.25, 0.3) is 0 Å². The summed E-state index contributed by atoms with van der Waals surface area (Å²) >= 11 is 3.49. The molecule has 0 atom stereocenters. The van der Waals surface area contributed by atoms with Gasteiger partial charge in [-0.2, -0.15) is 0 Å². The highest BCUT2D eigenvalue weighted by Crippen LogP contribution is 2.39. The number of furan rings is 1. The van der Waals surface area contributed by atoms with Crippen LogP contribution in [0.1, 0.15) is 24.2 Å². The first kappa shape index (κ1) is 18.3. The molecule has 5 heteroatoms. The van der Waals surface area contributed by atoms with Gasteiger partial charge in [-0.3, -0.25) is 0 Å². The molecule has 1 heterocycles. The Morgan fingerprint density at radius 2 is 1.96 bits per heavy atom. The molecule has 0 N–H and O–H groups in total. The van der Waals surface area contributed by atoms with Gasteiger partial charge in [-0.1, -0.05) is 36.9 Å². The van der Waals surface area contributed by atoms with Crippen LogP contribution in [0.15, 0.2) is 63.5 Å². The summed E-state index contributed by atoms with van der Waals surface area (Å²) in [4.78, 5) is 12.6. The Balaban J connectivity index is 2.19. The number of rotatable bonds is 6. The van der Waals surface area contributed by atoms with Crippen molar-refractivity contribution in [2.75, 3.05) is 13.2 Å². The number of hydrogen-bond donors (Lipinski definition) is 0. The van der Waals surface area contributed by atoms with E-state index in [1.807, 2.05) is 37.3 Å². The SMILES string of the molecule is C=C(C)COc1cc2c(C(=O)OCC)c(-c3ccccc3)oc2cc1Br. The molecule has 0 amide bonds. The van der Waals surface area contributed by atoms with Crippen molar-refractivity contribution in [3.8, 4) is 17.1 Å². The molecule has 0 fully saturated rings. The van der Waals surface area contributed by atoms with Crippen molar-refractivity contribution in [1.29, 1.82) is 0 Å². The third-order valence-electron chi connectivity index (χ3n) is 3.73. The van der Waals surface area contributed by atoms with E-state index in [1.165, 1.54) is 0 Å². The molecule has 26 heavy (non-hydrogen) atoms. The second kappa shape index (κ2) is 7.79. The molecule has 134 valence electrons. The number of carbonyl (C=O) groups excluding carboxylic acids is 1. The molecule has 3 rings (SSSR count). The van der Waals surface area contributed by atoms with Gasteiger partial charge in [0.05, 0.1) is 11.1 Å². The zero-order valence-electron chi connectivity index (χ0n) is 14.7. The number of carbonyl (C=O) groups is 1. The van der Waals surface area contributed by atoms with E-state index in [0.717, 1.165) is 15.6 Å². The molecule has 0 spiro atoms. The summed E-state index contributed by atoms with van der Waals surface area (Å²) in [6.07, 6.45) is 0. The maximum atomic E-state index is 12.6. The first-order chi connectivity index (χ1) is 12.5. The van der Waals surface area contributed by atoms with E-state index in [4.69, 9.17) is 13.9 Å². The maximum Gasteiger partial charge on any atom is 0.342 e. The fourth-order valence-corrected chi connectivity index (χ4v) is 3.05. The minimum Gasteiger partial charge on any atom is -0.488 e. The van der Waals surface area contributed by atoms with Crippen LogP contribution >= 0.6 is 15.9 Å². The van der Waals surface area contributed by atoms with Crippen LogP contribution in [0.2, 0.25) is 0 Å². The zero-order chi connectivity index (χ0) is 18.7. The van der Waals surface area contributed by atoms with E-state index in [9.17, 15) is 4.79 Å². The normalized spacial score (nSPS) is 10.7. The van der Waals surface area contributed by atoms with Gasteiger partial charge in [0.2, 0.25) is 0 Å². The lowest BCUT2D eigenvalue weighted by Crippen LogP contribution is -2.05. The Labute approximate surface area is 160 Å². The molecule has 0 unspecified atom stereocenters. The number of fused-ring (bicyclic) bond motifs is 1. The van der Waals surface area contributed by atoms with E-state index in [2.05, 4.69) is 22.5 Å². The minimum atomic E-state index is -0.418. The number of halogens is 1. The average Bonchev–Trinajstić information content (AvgIpc) is 2.98. The van der Waals surface area contributed by atoms with Gasteiger partial charge >= 0.3 is 5.97 Å². The van der Waals surface area contributed by atoms with Crippen molar-refractivity contribution in [2.45, 2.75) is 13.8 Å². The molecular weight excluding hydrogens is 396 g/mol. The number of esters is 1. The maximum absolute atomic E-state index is 12.6. The van der Waals surface area contributed by atoms with Crippen molar-refractivity contribution >= 4 is 32.9 Å². The monoisotopic (exact) mass is 414 g/mol. The molecule has 3 aromatic rings. The summed E-state index contributed by atoms with van der Waals surface area (Å²) < 4.78 is 17.8. The lowest BCUT2D eigenvalue weighted by molar-refractivity contribution is 0.0529. The lowest BCUT2D eigenvalue weighted by Gasteiger charge is -2.08. The molecule has 2 aromatic carbocycles. The zero-order valence-corrected chi connectivity index (χ0v) is 16.3. The highest BCUT2D eigenvalue weighted by Gasteiger charge is 2.24. The number of ether oxygens (including phenoxy) is 2. The molecule has 4 nitrogen and oxygen atoms in total. The summed E-state index contributed by atoms with van der Waals surface area (Å²) in [6.45, 7) is 8.19. The van der Waals surface area contributed by atoms with E-state index in [0.29, 0.717) is 34.6 Å². The topological polar surface area (TPSA) is 48.7 Å². The van der Waals surface area contributed by atoms with Crippen LogP contribution in [0.5, 0.6) is 5.75 Å².